The molecule has 14 heavy (non-hydrogen) atoms. The maximum absolute atomic E-state index is 5.55. The zero-order chi connectivity index (χ0) is 9.97. The highest BCUT2D eigenvalue weighted by molar-refractivity contribution is 8.00. The average Bonchev–Trinajstić information content (AvgIpc) is 2.51. The van der Waals surface area contributed by atoms with Gasteiger partial charge in [-0.3, -0.25) is 0 Å². The lowest BCUT2D eigenvalue weighted by atomic mass is 10.0. The van der Waals surface area contributed by atoms with Crippen LogP contribution in [0.4, 0.5) is 0 Å². The van der Waals surface area contributed by atoms with E-state index in [1.807, 2.05) is 0 Å². The molecule has 0 aromatic heterocycles. The van der Waals surface area contributed by atoms with Crippen molar-refractivity contribution in [1.82, 2.24) is 5.32 Å². The maximum Gasteiger partial charge on any atom is 0.0561 e. The predicted octanol–water partition coefficient (Wildman–Crippen LogP) is 2.04. The molecule has 0 bridgehead atoms. The Kier molecular flexibility index (Phi) is 3.74. The van der Waals surface area contributed by atoms with Crippen molar-refractivity contribution in [3.05, 3.63) is 0 Å². The molecule has 0 saturated carbocycles. The van der Waals surface area contributed by atoms with Crippen LogP contribution in [0.25, 0.3) is 0 Å². The Balaban J connectivity index is 1.74. The fourth-order valence-corrected chi connectivity index (χ4v) is 3.58. The molecule has 2 nitrogen and oxygen atoms in total. The first-order chi connectivity index (χ1) is 6.74. The third-order valence-electron chi connectivity index (χ3n) is 3.15. The summed E-state index contributed by atoms with van der Waals surface area (Å²) in [4.78, 5) is 0. The Bertz CT molecular complexity index is 188. The van der Waals surface area contributed by atoms with Crippen molar-refractivity contribution in [3.8, 4) is 0 Å². The lowest BCUT2D eigenvalue weighted by molar-refractivity contribution is 0.0117. The molecular weight excluding hydrogens is 194 g/mol. The first-order valence-corrected chi connectivity index (χ1v) is 6.78. The third-order valence-corrected chi connectivity index (χ3v) is 4.51. The second-order valence-electron chi connectivity index (χ2n) is 4.65. The van der Waals surface area contributed by atoms with Crippen LogP contribution in [0.15, 0.2) is 0 Å². The molecule has 3 heteroatoms. The van der Waals surface area contributed by atoms with Gasteiger partial charge in [0.2, 0.25) is 0 Å². The standard InChI is InChI=1S/C11H21NOS/c1-8-5-10(3-4-13-8)12-11-6-9(2)14-7-11/h8-12H,3-7H2,1-2H3. The molecule has 82 valence electrons. The number of rotatable bonds is 2. The number of hydrogen-bond donors (Lipinski definition) is 1. The van der Waals surface area contributed by atoms with Crippen molar-refractivity contribution in [2.24, 2.45) is 0 Å². The Morgan fingerprint density at radius 1 is 1.21 bits per heavy atom. The summed E-state index contributed by atoms with van der Waals surface area (Å²) in [7, 11) is 0. The molecule has 2 rings (SSSR count). The predicted molar refractivity (Wildman–Crippen MR) is 61.9 cm³/mol. The molecule has 0 amide bonds. The summed E-state index contributed by atoms with van der Waals surface area (Å²) in [5.41, 5.74) is 0. The van der Waals surface area contributed by atoms with Gasteiger partial charge >= 0.3 is 0 Å². The first-order valence-electron chi connectivity index (χ1n) is 5.73. The third kappa shape index (κ3) is 2.88. The fraction of sp³-hybridized carbons (Fsp3) is 1.00. The van der Waals surface area contributed by atoms with E-state index in [0.717, 1.165) is 17.9 Å². The minimum Gasteiger partial charge on any atom is -0.378 e. The number of nitrogens with one attached hydrogen (secondary N) is 1. The lowest BCUT2D eigenvalue weighted by Gasteiger charge is -2.30. The molecule has 1 N–H and O–H groups in total. The van der Waals surface area contributed by atoms with Crippen LogP contribution in [0, 0.1) is 0 Å². The Morgan fingerprint density at radius 3 is 2.71 bits per heavy atom. The van der Waals surface area contributed by atoms with E-state index >= 15 is 0 Å². The zero-order valence-corrected chi connectivity index (χ0v) is 9.98. The van der Waals surface area contributed by atoms with Gasteiger partial charge in [-0.15, -0.1) is 0 Å². The summed E-state index contributed by atoms with van der Waals surface area (Å²) >= 11 is 2.10. The monoisotopic (exact) mass is 215 g/mol. The van der Waals surface area contributed by atoms with E-state index in [4.69, 9.17) is 4.74 Å². The first kappa shape index (κ1) is 10.8. The van der Waals surface area contributed by atoms with Crippen LogP contribution in [0.1, 0.15) is 33.1 Å². The highest BCUT2D eigenvalue weighted by Gasteiger charge is 2.26. The van der Waals surface area contributed by atoms with Crippen LogP contribution < -0.4 is 5.32 Å². The van der Waals surface area contributed by atoms with Crippen molar-refractivity contribution < 1.29 is 4.74 Å². The molecule has 0 aliphatic carbocycles. The van der Waals surface area contributed by atoms with E-state index in [1.165, 1.54) is 25.0 Å². The van der Waals surface area contributed by atoms with Crippen molar-refractivity contribution in [2.75, 3.05) is 12.4 Å². The minimum atomic E-state index is 0.452. The van der Waals surface area contributed by atoms with Crippen molar-refractivity contribution in [2.45, 2.75) is 56.5 Å². The van der Waals surface area contributed by atoms with Gasteiger partial charge in [0.25, 0.3) is 0 Å². The maximum atomic E-state index is 5.55. The van der Waals surface area contributed by atoms with Crippen LogP contribution in [0.5, 0.6) is 0 Å². The molecule has 0 aromatic carbocycles. The SMILES string of the molecule is CC1CC(NC2CSC(C)C2)CCO1. The van der Waals surface area contributed by atoms with Gasteiger partial charge in [0.05, 0.1) is 6.10 Å². The molecule has 2 aliphatic rings. The number of ether oxygens (including phenoxy) is 1. The molecule has 4 atom stereocenters. The summed E-state index contributed by atoms with van der Waals surface area (Å²) in [6.45, 7) is 5.45. The van der Waals surface area contributed by atoms with Gasteiger partial charge in [-0.05, 0) is 26.2 Å². The van der Waals surface area contributed by atoms with E-state index in [0.29, 0.717) is 12.1 Å². The summed E-state index contributed by atoms with van der Waals surface area (Å²) in [5.74, 6) is 1.30. The lowest BCUT2D eigenvalue weighted by Crippen LogP contribution is -2.43. The van der Waals surface area contributed by atoms with Crippen molar-refractivity contribution in [1.29, 1.82) is 0 Å². The van der Waals surface area contributed by atoms with Gasteiger partial charge in [-0.2, -0.15) is 11.8 Å². The molecule has 0 spiro atoms. The normalized spacial score (nSPS) is 44.1. The molecule has 4 unspecified atom stereocenters. The highest BCUT2D eigenvalue weighted by Crippen LogP contribution is 2.27. The minimum absolute atomic E-state index is 0.452. The molecule has 2 saturated heterocycles. The van der Waals surface area contributed by atoms with Gasteiger partial charge in [0.1, 0.15) is 0 Å². The molecule has 2 fully saturated rings. The average molecular weight is 215 g/mol. The van der Waals surface area contributed by atoms with Crippen LogP contribution in [-0.2, 0) is 4.74 Å². The van der Waals surface area contributed by atoms with Gasteiger partial charge in [0.15, 0.2) is 0 Å². The van der Waals surface area contributed by atoms with Crippen LogP contribution >= 0.6 is 11.8 Å². The summed E-state index contributed by atoms with van der Waals surface area (Å²) in [6, 6.07) is 1.46. The zero-order valence-electron chi connectivity index (χ0n) is 9.16. The topological polar surface area (TPSA) is 21.3 Å². The van der Waals surface area contributed by atoms with Gasteiger partial charge in [-0.25, -0.2) is 0 Å². The van der Waals surface area contributed by atoms with Crippen molar-refractivity contribution >= 4 is 11.8 Å². The Hall–Kier alpha value is 0.270. The van der Waals surface area contributed by atoms with Gasteiger partial charge in [0, 0.05) is 29.7 Å². The quantitative estimate of drug-likeness (QED) is 0.761. The summed E-state index contributed by atoms with van der Waals surface area (Å²) in [5, 5.41) is 4.63. The van der Waals surface area contributed by atoms with E-state index in [2.05, 4.69) is 30.9 Å². The van der Waals surface area contributed by atoms with Crippen LogP contribution in [-0.4, -0.2) is 35.8 Å². The van der Waals surface area contributed by atoms with Gasteiger partial charge in [-0.1, -0.05) is 6.92 Å². The van der Waals surface area contributed by atoms with Gasteiger partial charge < -0.3 is 10.1 Å². The van der Waals surface area contributed by atoms with E-state index < -0.39 is 0 Å². The molecule has 0 aromatic rings. The molecule has 0 radical (unpaired) electrons. The van der Waals surface area contributed by atoms with Crippen molar-refractivity contribution in [3.63, 3.8) is 0 Å². The van der Waals surface area contributed by atoms with Crippen LogP contribution in [0.2, 0.25) is 0 Å². The van der Waals surface area contributed by atoms with Crippen LogP contribution in [0.3, 0.4) is 0 Å². The second kappa shape index (κ2) is 4.86. The number of hydrogen-bond acceptors (Lipinski definition) is 3. The summed E-state index contributed by atoms with van der Waals surface area (Å²) in [6.07, 6.45) is 4.18. The fourth-order valence-electron chi connectivity index (χ4n) is 2.42. The highest BCUT2D eigenvalue weighted by atomic mass is 32.2. The Morgan fingerprint density at radius 2 is 2.07 bits per heavy atom. The largest absolute Gasteiger partial charge is 0.378 e. The Labute approximate surface area is 91.2 Å². The number of thioether (sulfide) groups is 1. The van der Waals surface area contributed by atoms with E-state index in [-0.39, 0.29) is 0 Å². The smallest absolute Gasteiger partial charge is 0.0561 e. The molecule has 2 aliphatic heterocycles. The molecular formula is C11H21NOS. The van der Waals surface area contributed by atoms with E-state index in [9.17, 15) is 0 Å². The molecule has 2 heterocycles. The summed E-state index contributed by atoms with van der Waals surface area (Å²) < 4.78 is 5.55. The second-order valence-corrected chi connectivity index (χ2v) is 6.12. The van der Waals surface area contributed by atoms with E-state index in [1.54, 1.807) is 0 Å².